The lowest BCUT2D eigenvalue weighted by molar-refractivity contribution is 0.412. The lowest BCUT2D eigenvalue weighted by Crippen LogP contribution is -2.30. The quantitative estimate of drug-likeness (QED) is 0.793. The highest BCUT2D eigenvalue weighted by Gasteiger charge is 2.19. The summed E-state index contributed by atoms with van der Waals surface area (Å²) in [7, 11) is 2.01. The third kappa shape index (κ3) is 3.43. The van der Waals surface area contributed by atoms with Crippen LogP contribution in [0.25, 0.3) is 0 Å². The van der Waals surface area contributed by atoms with Crippen molar-refractivity contribution in [3.63, 3.8) is 0 Å². The van der Waals surface area contributed by atoms with Gasteiger partial charge in [0.25, 0.3) is 0 Å². The van der Waals surface area contributed by atoms with Gasteiger partial charge in [-0.15, -0.1) is 5.10 Å². The average Bonchev–Trinajstić information content (AvgIpc) is 2.80. The first-order valence-corrected chi connectivity index (χ1v) is 6.43. The van der Waals surface area contributed by atoms with Gasteiger partial charge in [0.1, 0.15) is 0 Å². The summed E-state index contributed by atoms with van der Waals surface area (Å²) in [4.78, 5) is 2.06. The van der Waals surface area contributed by atoms with E-state index in [1.54, 1.807) is 0 Å². The second-order valence-corrected chi connectivity index (χ2v) is 4.28. The van der Waals surface area contributed by atoms with E-state index in [2.05, 4.69) is 41.2 Å². The van der Waals surface area contributed by atoms with Crippen LogP contribution in [0.4, 0.5) is 6.01 Å². The molecule has 0 saturated heterocycles. The number of hydrogen-bond donors (Lipinski definition) is 1. The molecule has 1 N–H and O–H groups in total. The molecule has 17 heavy (non-hydrogen) atoms. The van der Waals surface area contributed by atoms with Crippen molar-refractivity contribution in [1.29, 1.82) is 0 Å². The molecule has 1 heterocycles. The summed E-state index contributed by atoms with van der Waals surface area (Å²) in [6.45, 7) is 9.32. The van der Waals surface area contributed by atoms with Gasteiger partial charge in [-0.2, -0.15) is 0 Å². The third-order valence-corrected chi connectivity index (χ3v) is 3.10. The third-order valence-electron chi connectivity index (χ3n) is 3.10. The Bertz CT molecular complexity index is 322. The number of hydrogen-bond acceptors (Lipinski definition) is 5. The van der Waals surface area contributed by atoms with Gasteiger partial charge in [-0.1, -0.05) is 25.9 Å². The van der Waals surface area contributed by atoms with Crippen LogP contribution in [0.5, 0.6) is 0 Å². The Morgan fingerprint density at radius 1 is 1.24 bits per heavy atom. The number of anilines is 1. The average molecular weight is 240 g/mol. The van der Waals surface area contributed by atoms with E-state index >= 15 is 0 Å². The van der Waals surface area contributed by atoms with E-state index in [0.717, 1.165) is 19.4 Å². The van der Waals surface area contributed by atoms with Crippen molar-refractivity contribution in [2.75, 3.05) is 18.5 Å². The summed E-state index contributed by atoms with van der Waals surface area (Å²) >= 11 is 0. The predicted octanol–water partition coefficient (Wildman–Crippen LogP) is 2.36. The van der Waals surface area contributed by atoms with Crippen LogP contribution >= 0.6 is 0 Å². The minimum atomic E-state index is 0.108. The minimum Gasteiger partial charge on any atom is -0.406 e. The highest BCUT2D eigenvalue weighted by Crippen LogP contribution is 2.19. The molecule has 5 nitrogen and oxygen atoms in total. The molecule has 0 bridgehead atoms. The first-order chi connectivity index (χ1) is 8.13. The van der Waals surface area contributed by atoms with E-state index in [-0.39, 0.29) is 6.04 Å². The van der Waals surface area contributed by atoms with E-state index in [1.807, 2.05) is 14.0 Å². The molecule has 0 amide bonds. The maximum Gasteiger partial charge on any atom is 0.318 e. The molecule has 1 unspecified atom stereocenters. The smallest absolute Gasteiger partial charge is 0.318 e. The number of rotatable bonds is 7. The van der Waals surface area contributed by atoms with Crippen LogP contribution in [0, 0.1) is 0 Å². The zero-order valence-corrected chi connectivity index (χ0v) is 11.5. The molecule has 0 saturated carbocycles. The standard InChI is InChI=1S/C12H24N4O/c1-6-10(7-2)16(5)12-15-14-11(17-12)9(4)13-8-3/h9-10,13H,6-8H2,1-5H3. The highest BCUT2D eigenvalue weighted by atomic mass is 16.4. The Labute approximate surface area is 104 Å². The van der Waals surface area contributed by atoms with Gasteiger partial charge >= 0.3 is 6.01 Å². The first kappa shape index (κ1) is 14.0. The normalized spacial score (nSPS) is 13.1. The van der Waals surface area contributed by atoms with Crippen LogP contribution in [-0.2, 0) is 0 Å². The molecule has 0 spiro atoms. The molecule has 0 radical (unpaired) electrons. The number of aromatic nitrogens is 2. The molecule has 0 aromatic carbocycles. The molecule has 1 aromatic heterocycles. The first-order valence-electron chi connectivity index (χ1n) is 6.43. The van der Waals surface area contributed by atoms with Crippen LogP contribution in [0.15, 0.2) is 4.42 Å². The maximum absolute atomic E-state index is 5.69. The van der Waals surface area contributed by atoms with E-state index in [1.165, 1.54) is 0 Å². The van der Waals surface area contributed by atoms with Gasteiger partial charge in [-0.3, -0.25) is 0 Å². The van der Waals surface area contributed by atoms with Crippen LogP contribution in [0.3, 0.4) is 0 Å². The summed E-state index contributed by atoms with van der Waals surface area (Å²) < 4.78 is 5.69. The lowest BCUT2D eigenvalue weighted by Gasteiger charge is -2.23. The molecule has 0 aliphatic heterocycles. The zero-order valence-electron chi connectivity index (χ0n) is 11.5. The second kappa shape index (κ2) is 6.59. The fraction of sp³-hybridized carbons (Fsp3) is 0.833. The summed E-state index contributed by atoms with van der Waals surface area (Å²) in [5.41, 5.74) is 0. The van der Waals surface area contributed by atoms with Crippen LogP contribution in [-0.4, -0.2) is 29.8 Å². The Morgan fingerprint density at radius 3 is 2.41 bits per heavy atom. The van der Waals surface area contributed by atoms with Crippen molar-refractivity contribution in [3.05, 3.63) is 5.89 Å². The summed E-state index contributed by atoms with van der Waals surface area (Å²) in [5, 5.41) is 11.4. The van der Waals surface area contributed by atoms with E-state index in [4.69, 9.17) is 4.42 Å². The largest absolute Gasteiger partial charge is 0.406 e. The highest BCUT2D eigenvalue weighted by molar-refractivity contribution is 5.24. The van der Waals surface area contributed by atoms with E-state index < -0.39 is 0 Å². The fourth-order valence-corrected chi connectivity index (χ4v) is 1.93. The van der Waals surface area contributed by atoms with E-state index in [0.29, 0.717) is 17.9 Å². The number of nitrogens with zero attached hydrogens (tertiary/aromatic N) is 3. The SMILES string of the molecule is CCNC(C)c1nnc(N(C)C(CC)CC)o1. The topological polar surface area (TPSA) is 54.2 Å². The Morgan fingerprint density at radius 2 is 1.88 bits per heavy atom. The van der Waals surface area contributed by atoms with Crippen molar-refractivity contribution in [2.24, 2.45) is 0 Å². The second-order valence-electron chi connectivity index (χ2n) is 4.28. The monoisotopic (exact) mass is 240 g/mol. The van der Waals surface area contributed by atoms with Gasteiger partial charge in [0.15, 0.2) is 0 Å². The van der Waals surface area contributed by atoms with Gasteiger partial charge in [0.2, 0.25) is 5.89 Å². The van der Waals surface area contributed by atoms with Crippen LogP contribution < -0.4 is 10.2 Å². The molecule has 0 fully saturated rings. The molecule has 1 aromatic rings. The Hall–Kier alpha value is -1.10. The van der Waals surface area contributed by atoms with Crippen molar-refractivity contribution in [1.82, 2.24) is 15.5 Å². The molecule has 5 heteroatoms. The van der Waals surface area contributed by atoms with Crippen molar-refractivity contribution >= 4 is 6.01 Å². The molecule has 1 rings (SSSR count). The molecular weight excluding hydrogens is 216 g/mol. The Balaban J connectivity index is 2.73. The summed E-state index contributed by atoms with van der Waals surface area (Å²) in [6, 6.07) is 1.17. The predicted molar refractivity (Wildman–Crippen MR) is 69.2 cm³/mol. The van der Waals surface area contributed by atoms with Gasteiger partial charge < -0.3 is 14.6 Å². The minimum absolute atomic E-state index is 0.108. The molecule has 1 atom stereocenters. The van der Waals surface area contributed by atoms with Gasteiger partial charge in [0.05, 0.1) is 6.04 Å². The van der Waals surface area contributed by atoms with Gasteiger partial charge in [0, 0.05) is 13.1 Å². The summed E-state index contributed by atoms with van der Waals surface area (Å²) in [5.74, 6) is 0.652. The Kier molecular flexibility index (Phi) is 5.41. The summed E-state index contributed by atoms with van der Waals surface area (Å²) in [6.07, 6.45) is 2.15. The molecule has 0 aliphatic rings. The maximum atomic E-state index is 5.69. The zero-order chi connectivity index (χ0) is 12.8. The lowest BCUT2D eigenvalue weighted by atomic mass is 10.1. The van der Waals surface area contributed by atoms with Crippen molar-refractivity contribution in [3.8, 4) is 0 Å². The van der Waals surface area contributed by atoms with E-state index in [9.17, 15) is 0 Å². The van der Waals surface area contributed by atoms with Crippen LogP contribution in [0.1, 0.15) is 52.5 Å². The molecule has 0 aliphatic carbocycles. The van der Waals surface area contributed by atoms with Crippen LogP contribution in [0.2, 0.25) is 0 Å². The molecular formula is C12H24N4O. The van der Waals surface area contributed by atoms with Gasteiger partial charge in [-0.25, -0.2) is 0 Å². The number of nitrogens with one attached hydrogen (secondary N) is 1. The van der Waals surface area contributed by atoms with Gasteiger partial charge in [-0.05, 0) is 26.3 Å². The van der Waals surface area contributed by atoms with Crippen molar-refractivity contribution in [2.45, 2.75) is 52.6 Å². The molecule has 98 valence electrons. The van der Waals surface area contributed by atoms with Crippen molar-refractivity contribution < 1.29 is 4.42 Å². The fourth-order valence-electron chi connectivity index (χ4n) is 1.93.